The smallest absolute Gasteiger partial charge is 0.340 e. The monoisotopic (exact) mass is 260 g/mol. The van der Waals surface area contributed by atoms with Gasteiger partial charge in [0.25, 0.3) is 0 Å². The van der Waals surface area contributed by atoms with Gasteiger partial charge in [-0.05, 0) is 27.9 Å². The number of nitrogens with zero attached hydrogens (tertiary/aromatic N) is 1. The van der Waals surface area contributed by atoms with Crippen LogP contribution >= 0.6 is 0 Å². The van der Waals surface area contributed by atoms with Gasteiger partial charge in [0, 0.05) is 0 Å². The molecule has 0 fully saturated rings. The number of carbonyl (C=O) groups excluding carboxylic acids is 3. The van der Waals surface area contributed by atoms with Crippen molar-refractivity contribution < 1.29 is 23.9 Å². The number of nitrogens with one attached hydrogen (secondary N) is 1. The maximum absolute atomic E-state index is 11.5. The molecule has 0 aliphatic rings. The number of likely N-dealkylation sites (N-methyl/N-ethyl adjacent to an activating group) is 1. The number of hydrogen-bond donors (Lipinski definition) is 1. The molecule has 0 rings (SSSR count). The number of carbonyl (C=O) groups is 3. The van der Waals surface area contributed by atoms with Crippen LogP contribution in [-0.2, 0) is 23.9 Å². The minimum Gasteiger partial charge on any atom is -0.464 e. The van der Waals surface area contributed by atoms with Crippen molar-refractivity contribution in [2.75, 3.05) is 33.9 Å². The second-order valence-corrected chi connectivity index (χ2v) is 3.74. The van der Waals surface area contributed by atoms with E-state index >= 15 is 0 Å². The van der Waals surface area contributed by atoms with Gasteiger partial charge in [-0.25, -0.2) is 9.59 Å². The Morgan fingerprint density at radius 2 is 1.50 bits per heavy atom. The largest absolute Gasteiger partial charge is 0.464 e. The van der Waals surface area contributed by atoms with Crippen LogP contribution in [0.5, 0.6) is 0 Å². The van der Waals surface area contributed by atoms with Gasteiger partial charge in [-0.15, -0.1) is 0 Å². The summed E-state index contributed by atoms with van der Waals surface area (Å²) in [6, 6.07) is -1.41. The molecular formula is C11H20N2O5. The van der Waals surface area contributed by atoms with Crippen molar-refractivity contribution in [3.8, 4) is 0 Å². The van der Waals surface area contributed by atoms with E-state index in [-0.39, 0.29) is 19.8 Å². The first kappa shape index (κ1) is 16.4. The third-order valence-corrected chi connectivity index (χ3v) is 1.81. The van der Waals surface area contributed by atoms with Crippen molar-refractivity contribution in [3.63, 3.8) is 0 Å². The van der Waals surface area contributed by atoms with Crippen LogP contribution in [0.3, 0.4) is 0 Å². The van der Waals surface area contributed by atoms with Crippen molar-refractivity contribution in [1.29, 1.82) is 0 Å². The van der Waals surface area contributed by atoms with Crippen molar-refractivity contribution in [2.24, 2.45) is 0 Å². The van der Waals surface area contributed by atoms with Gasteiger partial charge in [0.15, 0.2) is 0 Å². The summed E-state index contributed by atoms with van der Waals surface area (Å²) in [7, 11) is 3.40. The van der Waals surface area contributed by atoms with Crippen molar-refractivity contribution in [2.45, 2.75) is 19.9 Å². The fraction of sp³-hybridized carbons (Fsp3) is 0.727. The number of ether oxygens (including phenoxy) is 2. The number of hydrogen-bond acceptors (Lipinski definition) is 6. The molecular weight excluding hydrogens is 240 g/mol. The average molecular weight is 260 g/mol. The zero-order valence-electron chi connectivity index (χ0n) is 11.2. The molecule has 0 aliphatic heterocycles. The molecule has 0 bridgehead atoms. The summed E-state index contributed by atoms with van der Waals surface area (Å²) < 4.78 is 9.42. The quantitative estimate of drug-likeness (QED) is 0.474. The molecule has 7 heteroatoms. The zero-order valence-corrected chi connectivity index (χ0v) is 11.2. The van der Waals surface area contributed by atoms with Gasteiger partial charge in [-0.1, -0.05) is 0 Å². The summed E-state index contributed by atoms with van der Waals surface area (Å²) in [5, 5.41) is 2.29. The molecule has 0 atom stereocenters. The van der Waals surface area contributed by atoms with Crippen LogP contribution in [0.4, 0.5) is 0 Å². The van der Waals surface area contributed by atoms with Crippen LogP contribution in [0.15, 0.2) is 0 Å². The second-order valence-electron chi connectivity index (χ2n) is 3.74. The fourth-order valence-electron chi connectivity index (χ4n) is 1.16. The van der Waals surface area contributed by atoms with E-state index in [4.69, 9.17) is 9.47 Å². The molecule has 0 aromatic carbocycles. The molecule has 0 aromatic heterocycles. The Kier molecular flexibility index (Phi) is 7.69. The van der Waals surface area contributed by atoms with Crippen LogP contribution < -0.4 is 5.32 Å². The van der Waals surface area contributed by atoms with Crippen molar-refractivity contribution >= 4 is 17.8 Å². The normalized spacial score (nSPS) is 10.3. The van der Waals surface area contributed by atoms with Crippen LogP contribution in [0, 0.1) is 0 Å². The fourth-order valence-corrected chi connectivity index (χ4v) is 1.16. The average Bonchev–Trinajstić information content (AvgIpc) is 2.25. The molecule has 0 heterocycles. The van der Waals surface area contributed by atoms with Gasteiger partial charge in [0.1, 0.15) is 0 Å². The SMILES string of the molecule is CCOC(=O)C(NC(=O)CN(C)C)C(=O)OCC. The van der Waals surface area contributed by atoms with Crippen LogP contribution in [-0.4, -0.2) is 62.6 Å². The zero-order chi connectivity index (χ0) is 14.1. The summed E-state index contributed by atoms with van der Waals surface area (Å²) >= 11 is 0. The molecule has 0 spiro atoms. The highest BCUT2D eigenvalue weighted by atomic mass is 16.6. The van der Waals surface area contributed by atoms with Crippen molar-refractivity contribution in [1.82, 2.24) is 10.2 Å². The predicted octanol–water partition coefficient (Wildman–Crippen LogP) is -0.841. The Morgan fingerprint density at radius 3 is 1.83 bits per heavy atom. The molecule has 0 radical (unpaired) electrons. The van der Waals surface area contributed by atoms with Gasteiger partial charge in [-0.3, -0.25) is 4.79 Å². The summed E-state index contributed by atoms with van der Waals surface area (Å²) in [5.74, 6) is -2.09. The Bertz CT molecular complexity index is 286. The lowest BCUT2D eigenvalue weighted by Gasteiger charge is -2.17. The Morgan fingerprint density at radius 1 is 1.06 bits per heavy atom. The molecule has 18 heavy (non-hydrogen) atoms. The first-order valence-electron chi connectivity index (χ1n) is 5.69. The second kappa shape index (κ2) is 8.46. The summed E-state index contributed by atoms with van der Waals surface area (Å²) in [6.07, 6.45) is 0. The van der Waals surface area contributed by atoms with E-state index in [0.717, 1.165) is 0 Å². The maximum Gasteiger partial charge on any atom is 0.340 e. The van der Waals surface area contributed by atoms with Gasteiger partial charge in [0.05, 0.1) is 19.8 Å². The van der Waals surface area contributed by atoms with Gasteiger partial charge >= 0.3 is 11.9 Å². The van der Waals surface area contributed by atoms with E-state index in [0.29, 0.717) is 0 Å². The highest BCUT2D eigenvalue weighted by molar-refractivity contribution is 6.02. The van der Waals surface area contributed by atoms with Gasteiger partial charge in [-0.2, -0.15) is 0 Å². The standard InChI is InChI=1S/C11H20N2O5/c1-5-17-10(15)9(11(16)18-6-2)12-8(14)7-13(3)4/h9H,5-7H2,1-4H3,(H,12,14). The Hall–Kier alpha value is -1.63. The molecule has 0 saturated heterocycles. The molecule has 0 saturated carbocycles. The van der Waals surface area contributed by atoms with E-state index in [2.05, 4.69) is 5.32 Å². The van der Waals surface area contributed by atoms with Crippen LogP contribution in [0.1, 0.15) is 13.8 Å². The molecule has 1 N–H and O–H groups in total. The Balaban J connectivity index is 4.61. The van der Waals surface area contributed by atoms with E-state index in [1.54, 1.807) is 32.8 Å². The molecule has 0 aromatic rings. The summed E-state index contributed by atoms with van der Waals surface area (Å²) in [4.78, 5) is 36.2. The predicted molar refractivity (Wildman–Crippen MR) is 63.8 cm³/mol. The third kappa shape index (κ3) is 6.19. The van der Waals surface area contributed by atoms with Crippen molar-refractivity contribution in [3.05, 3.63) is 0 Å². The van der Waals surface area contributed by atoms with Gasteiger partial charge < -0.3 is 19.7 Å². The third-order valence-electron chi connectivity index (χ3n) is 1.81. The summed E-state index contributed by atoms with van der Waals surface area (Å²) in [6.45, 7) is 3.54. The molecule has 7 nitrogen and oxygen atoms in total. The first-order chi connectivity index (χ1) is 8.42. The highest BCUT2D eigenvalue weighted by Crippen LogP contribution is 1.95. The minimum atomic E-state index is -1.41. The highest BCUT2D eigenvalue weighted by Gasteiger charge is 2.31. The number of amides is 1. The molecule has 0 unspecified atom stereocenters. The van der Waals surface area contributed by atoms with Crippen LogP contribution in [0.25, 0.3) is 0 Å². The lowest BCUT2D eigenvalue weighted by atomic mass is 10.3. The molecule has 104 valence electrons. The number of esters is 2. The first-order valence-corrected chi connectivity index (χ1v) is 5.69. The topological polar surface area (TPSA) is 84.9 Å². The minimum absolute atomic E-state index is 0.0648. The Labute approximate surface area is 106 Å². The van der Waals surface area contributed by atoms with E-state index in [1.807, 2.05) is 0 Å². The number of rotatable bonds is 7. The maximum atomic E-state index is 11.5. The summed E-state index contributed by atoms with van der Waals surface area (Å²) in [5.41, 5.74) is 0. The van der Waals surface area contributed by atoms with Crippen LogP contribution in [0.2, 0.25) is 0 Å². The van der Waals surface area contributed by atoms with E-state index in [9.17, 15) is 14.4 Å². The lowest BCUT2D eigenvalue weighted by Crippen LogP contribution is -2.50. The lowest BCUT2D eigenvalue weighted by molar-refractivity contribution is -0.159. The van der Waals surface area contributed by atoms with Gasteiger partial charge in [0.2, 0.25) is 11.9 Å². The van der Waals surface area contributed by atoms with E-state index < -0.39 is 23.9 Å². The molecule has 1 amide bonds. The molecule has 0 aliphatic carbocycles. The van der Waals surface area contributed by atoms with E-state index in [1.165, 1.54) is 0 Å².